The maximum absolute atomic E-state index is 13.3. The second kappa shape index (κ2) is 5.21. The summed E-state index contributed by atoms with van der Waals surface area (Å²) in [4.78, 5) is 13.3. The van der Waals surface area contributed by atoms with Crippen LogP contribution in [-0.4, -0.2) is 24.8 Å². The number of carbonyl (C=O) groups is 1. The van der Waals surface area contributed by atoms with Crippen LogP contribution in [0, 0.1) is 23.0 Å². The molecule has 0 saturated heterocycles. The predicted octanol–water partition coefficient (Wildman–Crippen LogP) is 2.12. The molecule has 0 unspecified atom stereocenters. The molecule has 0 aliphatic carbocycles. The number of hydrogen-bond donors (Lipinski definition) is 0. The first-order valence-electron chi connectivity index (χ1n) is 4.74. The molecule has 0 saturated carbocycles. The molecule has 0 radical (unpaired) electrons. The second-order valence-electron chi connectivity index (χ2n) is 3.57. The molecular weight excluding hydrogens is 226 g/mol. The summed E-state index contributed by atoms with van der Waals surface area (Å²) in [7, 11) is 3.26. The van der Waals surface area contributed by atoms with Gasteiger partial charge in [-0.15, -0.1) is 0 Å². The van der Waals surface area contributed by atoms with Crippen LogP contribution < -0.4 is 0 Å². The Hall–Kier alpha value is -2.22. The minimum absolute atomic E-state index is 0.208. The summed E-state index contributed by atoms with van der Waals surface area (Å²) in [6.07, 6.45) is 1.28. The molecule has 88 valence electrons. The average Bonchev–Trinajstić information content (AvgIpc) is 2.24. The van der Waals surface area contributed by atoms with Gasteiger partial charge in [-0.2, -0.15) is 5.26 Å². The average molecular weight is 236 g/mol. The van der Waals surface area contributed by atoms with Gasteiger partial charge in [0.2, 0.25) is 5.78 Å². The molecule has 1 aromatic carbocycles. The van der Waals surface area contributed by atoms with Gasteiger partial charge < -0.3 is 4.90 Å². The standard InChI is InChI=1S/C12H10F2N2O/c1-16(2)7-8(6-15)12(17)10-4-3-9(13)5-11(10)14/h3-5,7H,1-2H3/b8-7+. The maximum atomic E-state index is 13.3. The van der Waals surface area contributed by atoms with E-state index >= 15 is 0 Å². The molecule has 0 aromatic heterocycles. The number of rotatable bonds is 3. The fourth-order valence-corrected chi connectivity index (χ4v) is 1.22. The third-order valence-electron chi connectivity index (χ3n) is 1.93. The van der Waals surface area contributed by atoms with Crippen molar-refractivity contribution in [2.24, 2.45) is 0 Å². The van der Waals surface area contributed by atoms with E-state index in [9.17, 15) is 13.6 Å². The van der Waals surface area contributed by atoms with Crippen LogP contribution in [0.25, 0.3) is 0 Å². The van der Waals surface area contributed by atoms with Crippen LogP contribution in [0.5, 0.6) is 0 Å². The van der Waals surface area contributed by atoms with Gasteiger partial charge in [-0.1, -0.05) is 0 Å². The number of allylic oxidation sites excluding steroid dienone is 1. The minimum Gasteiger partial charge on any atom is -0.382 e. The first-order chi connectivity index (χ1) is 7.95. The maximum Gasteiger partial charge on any atom is 0.207 e. The van der Waals surface area contributed by atoms with Crippen molar-refractivity contribution >= 4 is 5.78 Å². The Labute approximate surface area is 97.6 Å². The van der Waals surface area contributed by atoms with Gasteiger partial charge >= 0.3 is 0 Å². The number of Topliss-reactive ketones (excluding diaryl/α,β-unsaturated/α-hetero) is 1. The summed E-state index contributed by atoms with van der Waals surface area (Å²) in [6, 6.07) is 4.29. The normalized spacial score (nSPS) is 10.9. The summed E-state index contributed by atoms with van der Waals surface area (Å²) in [5.41, 5.74) is -0.526. The van der Waals surface area contributed by atoms with E-state index in [0.29, 0.717) is 6.07 Å². The molecule has 0 bridgehead atoms. The van der Waals surface area contributed by atoms with Crippen molar-refractivity contribution in [1.29, 1.82) is 5.26 Å². The van der Waals surface area contributed by atoms with E-state index < -0.39 is 17.4 Å². The molecule has 5 heteroatoms. The van der Waals surface area contributed by atoms with Crippen LogP contribution in [0.3, 0.4) is 0 Å². The van der Waals surface area contributed by atoms with Gasteiger partial charge in [0.15, 0.2) is 0 Å². The highest BCUT2D eigenvalue weighted by Gasteiger charge is 2.17. The van der Waals surface area contributed by atoms with Gasteiger partial charge in [-0.05, 0) is 12.1 Å². The van der Waals surface area contributed by atoms with Crippen LogP contribution in [0.4, 0.5) is 8.78 Å². The van der Waals surface area contributed by atoms with E-state index in [1.807, 2.05) is 0 Å². The Morgan fingerprint density at radius 3 is 2.53 bits per heavy atom. The van der Waals surface area contributed by atoms with Crippen molar-refractivity contribution in [3.05, 3.63) is 47.2 Å². The highest BCUT2D eigenvalue weighted by atomic mass is 19.1. The Balaban J connectivity index is 3.17. The Morgan fingerprint density at radius 2 is 2.06 bits per heavy atom. The molecule has 0 fully saturated rings. The molecule has 0 aliphatic rings. The summed E-state index contributed by atoms with van der Waals surface area (Å²) >= 11 is 0. The Morgan fingerprint density at radius 1 is 1.41 bits per heavy atom. The fourth-order valence-electron chi connectivity index (χ4n) is 1.22. The van der Waals surface area contributed by atoms with Gasteiger partial charge in [0, 0.05) is 26.4 Å². The Bertz CT molecular complexity index is 516. The van der Waals surface area contributed by atoms with Crippen molar-refractivity contribution in [2.75, 3.05) is 14.1 Å². The molecule has 3 nitrogen and oxygen atoms in total. The molecule has 0 aliphatic heterocycles. The monoisotopic (exact) mass is 236 g/mol. The number of hydrogen-bond acceptors (Lipinski definition) is 3. The lowest BCUT2D eigenvalue weighted by molar-refractivity contribution is 0.103. The first-order valence-corrected chi connectivity index (χ1v) is 4.74. The van der Waals surface area contributed by atoms with Crippen LogP contribution in [-0.2, 0) is 0 Å². The van der Waals surface area contributed by atoms with Crippen molar-refractivity contribution < 1.29 is 13.6 Å². The van der Waals surface area contributed by atoms with E-state index in [1.165, 1.54) is 11.1 Å². The summed E-state index contributed by atoms with van der Waals surface area (Å²) in [6.45, 7) is 0. The summed E-state index contributed by atoms with van der Waals surface area (Å²) in [5.74, 6) is -2.51. The van der Waals surface area contributed by atoms with Crippen molar-refractivity contribution in [3.63, 3.8) is 0 Å². The number of ketones is 1. The fraction of sp³-hybridized carbons (Fsp3) is 0.167. The molecule has 17 heavy (non-hydrogen) atoms. The van der Waals surface area contributed by atoms with Crippen molar-refractivity contribution in [3.8, 4) is 6.07 Å². The third kappa shape index (κ3) is 3.11. The number of halogens is 2. The molecular formula is C12H10F2N2O. The largest absolute Gasteiger partial charge is 0.382 e. The third-order valence-corrected chi connectivity index (χ3v) is 1.93. The summed E-state index contributed by atoms with van der Waals surface area (Å²) < 4.78 is 26.0. The van der Waals surface area contributed by atoms with Crippen molar-refractivity contribution in [2.45, 2.75) is 0 Å². The molecule has 0 spiro atoms. The SMILES string of the molecule is CN(C)/C=C(\C#N)C(=O)c1ccc(F)cc1F. The van der Waals surface area contributed by atoms with Gasteiger partial charge in [-0.25, -0.2) is 8.78 Å². The molecule has 0 N–H and O–H groups in total. The van der Waals surface area contributed by atoms with E-state index in [0.717, 1.165) is 12.1 Å². The van der Waals surface area contributed by atoms with Crippen LogP contribution in [0.15, 0.2) is 30.0 Å². The van der Waals surface area contributed by atoms with Crippen LogP contribution in [0.1, 0.15) is 10.4 Å². The molecule has 1 aromatic rings. The zero-order valence-corrected chi connectivity index (χ0v) is 9.37. The van der Waals surface area contributed by atoms with Crippen LogP contribution >= 0.6 is 0 Å². The molecule has 0 atom stereocenters. The number of carbonyl (C=O) groups excluding carboxylic acids is 1. The lowest BCUT2D eigenvalue weighted by Crippen LogP contribution is -2.10. The quantitative estimate of drug-likeness (QED) is 0.458. The zero-order chi connectivity index (χ0) is 13.0. The van der Waals surface area contributed by atoms with Gasteiger partial charge in [0.1, 0.15) is 23.3 Å². The first kappa shape index (κ1) is 12.8. The van der Waals surface area contributed by atoms with Crippen LogP contribution in [0.2, 0.25) is 0 Å². The second-order valence-corrected chi connectivity index (χ2v) is 3.57. The van der Waals surface area contributed by atoms with Crippen molar-refractivity contribution in [1.82, 2.24) is 4.90 Å². The zero-order valence-electron chi connectivity index (χ0n) is 9.37. The molecule has 1 rings (SSSR count). The van der Waals surface area contributed by atoms with E-state index in [4.69, 9.17) is 5.26 Å². The smallest absolute Gasteiger partial charge is 0.207 e. The van der Waals surface area contributed by atoms with Gasteiger partial charge in [0.25, 0.3) is 0 Å². The molecule has 0 heterocycles. The number of nitrogens with zero attached hydrogens (tertiary/aromatic N) is 2. The molecule has 0 amide bonds. The predicted molar refractivity (Wildman–Crippen MR) is 58.1 cm³/mol. The van der Waals surface area contributed by atoms with E-state index in [1.54, 1.807) is 20.2 Å². The number of benzene rings is 1. The lowest BCUT2D eigenvalue weighted by Gasteiger charge is -2.06. The van der Waals surface area contributed by atoms with Gasteiger partial charge in [-0.3, -0.25) is 4.79 Å². The minimum atomic E-state index is -0.977. The Kier molecular flexibility index (Phi) is 3.94. The van der Waals surface area contributed by atoms with E-state index in [-0.39, 0.29) is 11.1 Å². The van der Waals surface area contributed by atoms with Gasteiger partial charge in [0.05, 0.1) is 5.56 Å². The highest BCUT2D eigenvalue weighted by Crippen LogP contribution is 2.14. The number of nitriles is 1. The van der Waals surface area contributed by atoms with E-state index in [2.05, 4.69) is 0 Å². The topological polar surface area (TPSA) is 44.1 Å². The highest BCUT2D eigenvalue weighted by molar-refractivity contribution is 6.11. The lowest BCUT2D eigenvalue weighted by atomic mass is 10.0. The summed E-state index contributed by atoms with van der Waals surface area (Å²) in [5, 5.41) is 8.79.